The number of aliphatic hydroxyl groups excluding tert-OH is 1. The second-order valence-corrected chi connectivity index (χ2v) is 5.01. The Balaban J connectivity index is 1.78. The van der Waals surface area contributed by atoms with E-state index in [0.717, 1.165) is 12.8 Å². The number of nitrogens with one attached hydrogen (secondary N) is 1. The summed E-state index contributed by atoms with van der Waals surface area (Å²) < 4.78 is 5.46. The summed E-state index contributed by atoms with van der Waals surface area (Å²) in [5.41, 5.74) is 0.706. The van der Waals surface area contributed by atoms with E-state index >= 15 is 0 Å². The van der Waals surface area contributed by atoms with Crippen molar-refractivity contribution in [2.45, 2.75) is 31.4 Å². The van der Waals surface area contributed by atoms with Gasteiger partial charge in [0.15, 0.2) is 0 Å². The van der Waals surface area contributed by atoms with Crippen molar-refractivity contribution in [2.75, 3.05) is 13.2 Å². The summed E-state index contributed by atoms with van der Waals surface area (Å²) in [4.78, 5) is 0. The highest BCUT2D eigenvalue weighted by Crippen LogP contribution is 2.34. The molecule has 18 heavy (non-hydrogen) atoms. The lowest BCUT2D eigenvalue weighted by Gasteiger charge is -2.16. The molecule has 2 rings (SSSR count). The molecule has 4 nitrogen and oxygen atoms in total. The number of ether oxygens (including phenoxy) is 1. The standard InChI is InChI=1S/C14H18N2O2/c1-14(6-7-14)16-9-12(17)10-18-13-5-3-2-4-11(13)8-15/h2-5,12,16-17H,6-7,9-10H2,1H3. The Bertz CT molecular complexity index is 449. The Kier molecular flexibility index (Phi) is 3.85. The maximum atomic E-state index is 9.79. The molecule has 1 aromatic rings. The SMILES string of the molecule is CC1(NCC(O)COc2ccccc2C#N)CC1. The van der Waals surface area contributed by atoms with Gasteiger partial charge in [-0.3, -0.25) is 0 Å². The summed E-state index contributed by atoms with van der Waals surface area (Å²) in [5, 5.41) is 22.0. The molecule has 1 aromatic carbocycles. The minimum absolute atomic E-state index is 0.196. The second kappa shape index (κ2) is 5.38. The zero-order valence-electron chi connectivity index (χ0n) is 10.5. The van der Waals surface area contributed by atoms with E-state index in [4.69, 9.17) is 10.00 Å². The van der Waals surface area contributed by atoms with Crippen LogP contribution in [-0.4, -0.2) is 29.9 Å². The largest absolute Gasteiger partial charge is 0.489 e. The fourth-order valence-corrected chi connectivity index (χ4v) is 1.66. The molecule has 0 heterocycles. The van der Waals surface area contributed by atoms with Crippen molar-refractivity contribution in [3.05, 3.63) is 29.8 Å². The molecule has 1 unspecified atom stereocenters. The van der Waals surface area contributed by atoms with Gasteiger partial charge in [0.25, 0.3) is 0 Å². The normalized spacial score (nSPS) is 17.8. The predicted molar refractivity (Wildman–Crippen MR) is 68.3 cm³/mol. The fraction of sp³-hybridized carbons (Fsp3) is 0.500. The number of rotatable bonds is 6. The summed E-state index contributed by atoms with van der Waals surface area (Å²) in [6, 6.07) is 9.10. The van der Waals surface area contributed by atoms with Gasteiger partial charge in [-0.1, -0.05) is 12.1 Å². The van der Waals surface area contributed by atoms with Crippen molar-refractivity contribution in [1.82, 2.24) is 5.32 Å². The lowest BCUT2D eigenvalue weighted by atomic mass is 10.2. The first kappa shape index (κ1) is 12.9. The second-order valence-electron chi connectivity index (χ2n) is 5.01. The van der Waals surface area contributed by atoms with Crippen LogP contribution in [0.5, 0.6) is 5.75 Å². The average Bonchev–Trinajstić information content (AvgIpc) is 3.13. The maximum absolute atomic E-state index is 9.79. The number of hydrogen-bond acceptors (Lipinski definition) is 4. The topological polar surface area (TPSA) is 65.3 Å². The van der Waals surface area contributed by atoms with Crippen LogP contribution in [0.1, 0.15) is 25.3 Å². The van der Waals surface area contributed by atoms with Crippen molar-refractivity contribution < 1.29 is 9.84 Å². The first-order chi connectivity index (χ1) is 8.63. The summed E-state index contributed by atoms with van der Waals surface area (Å²) in [5.74, 6) is 0.525. The molecule has 0 spiro atoms. The van der Waals surface area contributed by atoms with Crippen LogP contribution in [0.3, 0.4) is 0 Å². The third kappa shape index (κ3) is 3.46. The van der Waals surface area contributed by atoms with Crippen molar-refractivity contribution in [3.8, 4) is 11.8 Å². The maximum Gasteiger partial charge on any atom is 0.137 e. The smallest absolute Gasteiger partial charge is 0.137 e. The fourth-order valence-electron chi connectivity index (χ4n) is 1.66. The van der Waals surface area contributed by atoms with Crippen LogP contribution in [0, 0.1) is 11.3 Å². The third-order valence-corrected chi connectivity index (χ3v) is 3.20. The van der Waals surface area contributed by atoms with Gasteiger partial charge in [-0.15, -0.1) is 0 Å². The van der Waals surface area contributed by atoms with Crippen LogP contribution >= 0.6 is 0 Å². The quantitative estimate of drug-likeness (QED) is 0.797. The van der Waals surface area contributed by atoms with Gasteiger partial charge in [-0.2, -0.15) is 5.26 Å². The monoisotopic (exact) mass is 246 g/mol. The molecular formula is C14H18N2O2. The highest BCUT2D eigenvalue weighted by molar-refractivity contribution is 5.42. The highest BCUT2D eigenvalue weighted by atomic mass is 16.5. The summed E-state index contributed by atoms with van der Waals surface area (Å²) >= 11 is 0. The number of β-amino-alcohol motifs (C(OH)–C–C–N with tert-alkyl or cyclic N) is 1. The molecule has 1 fully saturated rings. The first-order valence-electron chi connectivity index (χ1n) is 6.18. The minimum Gasteiger partial charge on any atom is -0.489 e. The Morgan fingerprint density at radius 2 is 2.22 bits per heavy atom. The van der Waals surface area contributed by atoms with Gasteiger partial charge in [-0.25, -0.2) is 0 Å². The van der Waals surface area contributed by atoms with Gasteiger partial charge in [-0.05, 0) is 31.9 Å². The van der Waals surface area contributed by atoms with Crippen molar-refractivity contribution in [2.24, 2.45) is 0 Å². The van der Waals surface area contributed by atoms with E-state index in [1.54, 1.807) is 18.2 Å². The van der Waals surface area contributed by atoms with Gasteiger partial charge in [0.1, 0.15) is 24.5 Å². The van der Waals surface area contributed by atoms with Crippen LogP contribution in [0.15, 0.2) is 24.3 Å². The van der Waals surface area contributed by atoms with Crippen molar-refractivity contribution >= 4 is 0 Å². The van der Waals surface area contributed by atoms with E-state index in [-0.39, 0.29) is 12.1 Å². The number of benzene rings is 1. The number of nitrogens with zero attached hydrogens (tertiary/aromatic N) is 1. The Labute approximate surface area is 107 Å². The molecule has 1 aliphatic carbocycles. The molecule has 4 heteroatoms. The molecule has 0 saturated heterocycles. The first-order valence-corrected chi connectivity index (χ1v) is 6.18. The van der Waals surface area contributed by atoms with Crippen LogP contribution in [0.2, 0.25) is 0 Å². The highest BCUT2D eigenvalue weighted by Gasteiger charge is 2.36. The minimum atomic E-state index is -0.561. The summed E-state index contributed by atoms with van der Waals surface area (Å²) in [6.07, 6.45) is 1.77. The number of hydrogen-bond donors (Lipinski definition) is 2. The van der Waals surface area contributed by atoms with E-state index < -0.39 is 6.10 Å². The Morgan fingerprint density at radius 1 is 1.50 bits per heavy atom. The molecule has 0 aromatic heterocycles. The van der Waals surface area contributed by atoms with Crippen molar-refractivity contribution in [3.63, 3.8) is 0 Å². The van der Waals surface area contributed by atoms with E-state index in [1.807, 2.05) is 6.07 Å². The van der Waals surface area contributed by atoms with E-state index in [0.29, 0.717) is 17.9 Å². The summed E-state index contributed by atoms with van der Waals surface area (Å²) in [7, 11) is 0. The van der Waals surface area contributed by atoms with Gasteiger partial charge in [0, 0.05) is 12.1 Å². The van der Waals surface area contributed by atoms with Gasteiger partial charge in [0.05, 0.1) is 5.56 Å². The molecule has 1 saturated carbocycles. The lowest BCUT2D eigenvalue weighted by Crippen LogP contribution is -2.37. The predicted octanol–water partition coefficient (Wildman–Crippen LogP) is 1.44. The van der Waals surface area contributed by atoms with Gasteiger partial charge in [0.2, 0.25) is 0 Å². The molecule has 1 aliphatic rings. The number of nitriles is 1. The Morgan fingerprint density at radius 3 is 2.89 bits per heavy atom. The van der Waals surface area contributed by atoms with Crippen LogP contribution in [-0.2, 0) is 0 Å². The van der Waals surface area contributed by atoms with E-state index in [1.165, 1.54) is 0 Å². The van der Waals surface area contributed by atoms with Crippen LogP contribution in [0.25, 0.3) is 0 Å². The lowest BCUT2D eigenvalue weighted by molar-refractivity contribution is 0.103. The van der Waals surface area contributed by atoms with Gasteiger partial charge < -0.3 is 15.2 Å². The third-order valence-electron chi connectivity index (χ3n) is 3.20. The zero-order valence-corrected chi connectivity index (χ0v) is 10.5. The average molecular weight is 246 g/mol. The number of aliphatic hydroxyl groups is 1. The molecular weight excluding hydrogens is 228 g/mol. The van der Waals surface area contributed by atoms with E-state index in [9.17, 15) is 5.11 Å². The summed E-state index contributed by atoms with van der Waals surface area (Å²) in [6.45, 7) is 2.86. The molecule has 96 valence electrons. The molecule has 2 N–H and O–H groups in total. The van der Waals surface area contributed by atoms with E-state index in [2.05, 4.69) is 18.3 Å². The Hall–Kier alpha value is -1.57. The molecule has 0 radical (unpaired) electrons. The van der Waals surface area contributed by atoms with Crippen LogP contribution in [0.4, 0.5) is 0 Å². The number of para-hydroxylation sites is 1. The van der Waals surface area contributed by atoms with Gasteiger partial charge >= 0.3 is 0 Å². The molecule has 0 aliphatic heterocycles. The zero-order chi connectivity index (χ0) is 13.0. The molecule has 1 atom stereocenters. The molecule has 0 amide bonds. The van der Waals surface area contributed by atoms with Crippen LogP contribution < -0.4 is 10.1 Å². The molecule has 0 bridgehead atoms. The van der Waals surface area contributed by atoms with Crippen molar-refractivity contribution in [1.29, 1.82) is 5.26 Å².